The molecule has 1 saturated carbocycles. The van der Waals surface area contributed by atoms with Gasteiger partial charge in [0.15, 0.2) is 5.78 Å². The summed E-state index contributed by atoms with van der Waals surface area (Å²) in [7, 11) is 0. The molecule has 104 valence electrons. The van der Waals surface area contributed by atoms with Gasteiger partial charge in [-0.25, -0.2) is 0 Å². The second-order valence-electron chi connectivity index (χ2n) is 5.54. The van der Waals surface area contributed by atoms with Crippen molar-refractivity contribution in [3.63, 3.8) is 0 Å². The number of Topliss-reactive ketones (excluding diaryl/α,β-unsaturated/α-hetero) is 1. The van der Waals surface area contributed by atoms with Crippen LogP contribution in [0.25, 0.3) is 0 Å². The minimum atomic E-state index is 0.0491. The Morgan fingerprint density at radius 1 is 1.26 bits per heavy atom. The number of hydrogen-bond acceptors (Lipinski definition) is 2. The molecule has 0 aliphatic heterocycles. The van der Waals surface area contributed by atoms with Crippen LogP contribution in [-0.4, -0.2) is 29.8 Å². The van der Waals surface area contributed by atoms with Gasteiger partial charge in [0, 0.05) is 12.1 Å². The number of carbonyl (C=O) groups is 1. The highest BCUT2D eigenvalue weighted by Crippen LogP contribution is 2.28. The minimum Gasteiger partial charge on any atom is -0.293 e. The first-order chi connectivity index (χ1) is 9.26. The standard InChI is InChI=1S/C17H25NO/c1-3-16(17(19)15-11-6-5-7-12-15)18(4-2)13-14-9-8-10-14/h5-7,11-12,14,16H,3-4,8-10,13H2,1-2H3. The van der Waals surface area contributed by atoms with Gasteiger partial charge in [-0.15, -0.1) is 0 Å². The van der Waals surface area contributed by atoms with E-state index in [0.717, 1.165) is 31.0 Å². The largest absolute Gasteiger partial charge is 0.293 e. The molecule has 0 bridgehead atoms. The number of ketones is 1. The van der Waals surface area contributed by atoms with Crippen molar-refractivity contribution in [2.75, 3.05) is 13.1 Å². The van der Waals surface area contributed by atoms with Crippen LogP contribution in [0.3, 0.4) is 0 Å². The van der Waals surface area contributed by atoms with Crippen LogP contribution in [0.2, 0.25) is 0 Å². The van der Waals surface area contributed by atoms with Crippen LogP contribution in [0.15, 0.2) is 30.3 Å². The predicted octanol–water partition coefficient (Wildman–Crippen LogP) is 3.77. The third kappa shape index (κ3) is 3.44. The number of rotatable bonds is 7. The third-order valence-electron chi connectivity index (χ3n) is 4.31. The Balaban J connectivity index is 2.06. The lowest BCUT2D eigenvalue weighted by atomic mass is 9.84. The highest BCUT2D eigenvalue weighted by molar-refractivity contribution is 6.00. The summed E-state index contributed by atoms with van der Waals surface area (Å²) in [5, 5.41) is 0. The topological polar surface area (TPSA) is 20.3 Å². The molecule has 0 amide bonds. The summed E-state index contributed by atoms with van der Waals surface area (Å²) >= 11 is 0. The fraction of sp³-hybridized carbons (Fsp3) is 0.588. The van der Waals surface area contributed by atoms with Crippen molar-refractivity contribution < 1.29 is 4.79 Å². The molecule has 1 unspecified atom stereocenters. The lowest BCUT2D eigenvalue weighted by Crippen LogP contribution is -2.44. The molecule has 1 fully saturated rings. The van der Waals surface area contributed by atoms with Gasteiger partial charge in [-0.2, -0.15) is 0 Å². The highest BCUT2D eigenvalue weighted by atomic mass is 16.1. The zero-order valence-electron chi connectivity index (χ0n) is 12.1. The van der Waals surface area contributed by atoms with E-state index in [1.165, 1.54) is 19.3 Å². The molecule has 0 spiro atoms. The Morgan fingerprint density at radius 3 is 2.42 bits per heavy atom. The van der Waals surface area contributed by atoms with Crippen LogP contribution >= 0.6 is 0 Å². The average molecular weight is 259 g/mol. The number of nitrogens with zero attached hydrogens (tertiary/aromatic N) is 1. The predicted molar refractivity (Wildman–Crippen MR) is 79.4 cm³/mol. The molecule has 0 saturated heterocycles. The maximum absolute atomic E-state index is 12.6. The first-order valence-corrected chi connectivity index (χ1v) is 7.59. The van der Waals surface area contributed by atoms with Crippen molar-refractivity contribution in [1.29, 1.82) is 0 Å². The molecule has 1 aromatic rings. The fourth-order valence-corrected chi connectivity index (χ4v) is 2.89. The molecule has 2 rings (SSSR count). The first kappa shape index (κ1) is 14.3. The summed E-state index contributed by atoms with van der Waals surface area (Å²) < 4.78 is 0. The lowest BCUT2D eigenvalue weighted by molar-refractivity contribution is 0.0755. The molecule has 0 radical (unpaired) electrons. The van der Waals surface area contributed by atoms with Crippen molar-refractivity contribution >= 4 is 5.78 Å². The first-order valence-electron chi connectivity index (χ1n) is 7.59. The van der Waals surface area contributed by atoms with Crippen LogP contribution < -0.4 is 0 Å². The Morgan fingerprint density at radius 2 is 1.95 bits per heavy atom. The minimum absolute atomic E-state index is 0.0491. The summed E-state index contributed by atoms with van der Waals surface area (Å²) in [6, 6.07) is 9.77. The van der Waals surface area contributed by atoms with Gasteiger partial charge >= 0.3 is 0 Å². The molecule has 1 aliphatic carbocycles. The SMILES string of the molecule is CCC(C(=O)c1ccccc1)N(CC)CC1CCC1. The molecule has 2 nitrogen and oxygen atoms in total. The smallest absolute Gasteiger partial charge is 0.179 e. The van der Waals surface area contributed by atoms with Crippen molar-refractivity contribution in [3.05, 3.63) is 35.9 Å². The molecule has 19 heavy (non-hydrogen) atoms. The van der Waals surface area contributed by atoms with Gasteiger partial charge in [0.2, 0.25) is 0 Å². The molecule has 1 atom stereocenters. The van der Waals surface area contributed by atoms with Crippen LogP contribution in [0, 0.1) is 5.92 Å². The summed E-state index contributed by atoms with van der Waals surface area (Å²) in [5.41, 5.74) is 0.849. The molecular formula is C17H25NO. The number of carbonyl (C=O) groups excluding carboxylic acids is 1. The van der Waals surface area contributed by atoms with E-state index in [0.29, 0.717) is 0 Å². The molecule has 0 aromatic heterocycles. The Bertz CT molecular complexity index is 397. The summed E-state index contributed by atoms with van der Waals surface area (Å²) in [6.07, 6.45) is 4.94. The maximum atomic E-state index is 12.6. The van der Waals surface area contributed by atoms with Crippen LogP contribution in [0.4, 0.5) is 0 Å². The van der Waals surface area contributed by atoms with Crippen LogP contribution in [0.5, 0.6) is 0 Å². The molecular weight excluding hydrogens is 234 g/mol. The summed E-state index contributed by atoms with van der Waals surface area (Å²) in [4.78, 5) is 15.0. The quantitative estimate of drug-likeness (QED) is 0.695. The number of benzene rings is 1. The molecule has 0 heterocycles. The number of likely N-dealkylation sites (N-methyl/N-ethyl adjacent to an activating group) is 1. The fourth-order valence-electron chi connectivity index (χ4n) is 2.89. The van der Waals surface area contributed by atoms with Gasteiger partial charge in [-0.3, -0.25) is 9.69 Å². The van der Waals surface area contributed by atoms with E-state index in [1.54, 1.807) is 0 Å². The van der Waals surface area contributed by atoms with Crippen molar-refractivity contribution in [3.8, 4) is 0 Å². The summed E-state index contributed by atoms with van der Waals surface area (Å²) in [5.74, 6) is 1.10. The van der Waals surface area contributed by atoms with Crippen molar-refractivity contribution in [2.45, 2.75) is 45.6 Å². The van der Waals surface area contributed by atoms with E-state index in [-0.39, 0.29) is 11.8 Å². The Labute approximate surface area is 116 Å². The maximum Gasteiger partial charge on any atom is 0.179 e. The van der Waals surface area contributed by atoms with E-state index in [9.17, 15) is 4.79 Å². The third-order valence-corrected chi connectivity index (χ3v) is 4.31. The lowest BCUT2D eigenvalue weighted by Gasteiger charge is -2.35. The molecule has 2 heteroatoms. The van der Waals surface area contributed by atoms with Gasteiger partial charge in [0.1, 0.15) is 0 Å². The zero-order valence-corrected chi connectivity index (χ0v) is 12.1. The molecule has 1 aliphatic rings. The van der Waals surface area contributed by atoms with Gasteiger partial charge in [-0.05, 0) is 31.7 Å². The van der Waals surface area contributed by atoms with E-state index < -0.39 is 0 Å². The second-order valence-corrected chi connectivity index (χ2v) is 5.54. The van der Waals surface area contributed by atoms with E-state index in [4.69, 9.17) is 0 Å². The summed E-state index contributed by atoms with van der Waals surface area (Å²) in [6.45, 7) is 6.34. The Kier molecular flexibility index (Phi) is 5.15. The van der Waals surface area contributed by atoms with E-state index >= 15 is 0 Å². The molecule has 0 N–H and O–H groups in total. The zero-order chi connectivity index (χ0) is 13.7. The second kappa shape index (κ2) is 6.85. The van der Waals surface area contributed by atoms with Crippen molar-refractivity contribution in [1.82, 2.24) is 4.90 Å². The van der Waals surface area contributed by atoms with Crippen LogP contribution in [0.1, 0.15) is 49.9 Å². The molecule has 1 aromatic carbocycles. The monoisotopic (exact) mass is 259 g/mol. The van der Waals surface area contributed by atoms with Crippen molar-refractivity contribution in [2.24, 2.45) is 5.92 Å². The number of hydrogen-bond donors (Lipinski definition) is 0. The van der Waals surface area contributed by atoms with Gasteiger partial charge < -0.3 is 0 Å². The van der Waals surface area contributed by atoms with Gasteiger partial charge in [0.25, 0.3) is 0 Å². The van der Waals surface area contributed by atoms with Gasteiger partial charge in [0.05, 0.1) is 6.04 Å². The average Bonchev–Trinajstić information content (AvgIpc) is 2.41. The van der Waals surface area contributed by atoms with Crippen LogP contribution in [-0.2, 0) is 0 Å². The Hall–Kier alpha value is -1.15. The highest BCUT2D eigenvalue weighted by Gasteiger charge is 2.28. The van der Waals surface area contributed by atoms with Gasteiger partial charge in [-0.1, -0.05) is 50.6 Å². The van der Waals surface area contributed by atoms with E-state index in [2.05, 4.69) is 18.7 Å². The normalized spacial score (nSPS) is 17.2. The van der Waals surface area contributed by atoms with E-state index in [1.807, 2.05) is 30.3 Å².